The van der Waals surface area contributed by atoms with E-state index >= 15 is 0 Å². The molecule has 0 saturated carbocycles. The number of furan rings is 1. The number of rotatable bonds is 4. The van der Waals surface area contributed by atoms with E-state index in [2.05, 4.69) is 12.2 Å². The lowest BCUT2D eigenvalue weighted by molar-refractivity contribution is 0.498. The molecule has 1 N–H and O–H groups in total. The third kappa shape index (κ3) is 2.62. The molecule has 0 fully saturated rings. The second-order valence-corrected chi connectivity index (χ2v) is 4.46. The van der Waals surface area contributed by atoms with E-state index in [1.54, 1.807) is 0 Å². The van der Waals surface area contributed by atoms with E-state index in [0.717, 1.165) is 41.3 Å². The summed E-state index contributed by atoms with van der Waals surface area (Å²) in [7, 11) is 0. The van der Waals surface area contributed by atoms with Gasteiger partial charge < -0.3 is 9.73 Å². The number of nitrogens with one attached hydrogen (secondary N) is 1. The smallest absolute Gasteiger partial charge is 0.134 e. The largest absolute Gasteiger partial charge is 0.460 e. The molecule has 2 aromatic rings. The van der Waals surface area contributed by atoms with Crippen LogP contribution in [0, 0.1) is 19.7 Å². The Balaban J connectivity index is 2.34. The average molecular weight is 247 g/mol. The molecule has 2 nitrogen and oxygen atoms in total. The first kappa shape index (κ1) is 12.8. The molecule has 2 rings (SSSR count). The fourth-order valence-electron chi connectivity index (χ4n) is 2.15. The van der Waals surface area contributed by atoms with Crippen molar-refractivity contribution in [2.75, 3.05) is 6.54 Å². The van der Waals surface area contributed by atoms with Crippen molar-refractivity contribution in [1.82, 2.24) is 5.32 Å². The highest BCUT2D eigenvalue weighted by molar-refractivity contribution is 5.66. The SMILES string of the molecule is CCNCc1ccc(-c2c(C)cc(F)cc2C)o1. The van der Waals surface area contributed by atoms with Gasteiger partial charge >= 0.3 is 0 Å². The van der Waals surface area contributed by atoms with Gasteiger partial charge in [-0.15, -0.1) is 0 Å². The first-order valence-electron chi connectivity index (χ1n) is 6.18. The van der Waals surface area contributed by atoms with E-state index in [-0.39, 0.29) is 5.82 Å². The minimum atomic E-state index is -0.201. The summed E-state index contributed by atoms with van der Waals surface area (Å²) in [4.78, 5) is 0. The van der Waals surface area contributed by atoms with Gasteiger partial charge in [-0.25, -0.2) is 4.39 Å². The molecule has 0 amide bonds. The fourth-order valence-corrected chi connectivity index (χ4v) is 2.15. The van der Waals surface area contributed by atoms with Gasteiger partial charge in [0.05, 0.1) is 6.54 Å². The maximum atomic E-state index is 13.3. The number of aryl methyl sites for hydroxylation is 2. The molecule has 0 aliphatic carbocycles. The molecule has 1 aromatic heterocycles. The van der Waals surface area contributed by atoms with Crippen LogP contribution in [0.3, 0.4) is 0 Å². The van der Waals surface area contributed by atoms with Crippen LogP contribution in [0.4, 0.5) is 4.39 Å². The lowest BCUT2D eigenvalue weighted by atomic mass is 10.0. The Morgan fingerprint density at radius 2 is 1.83 bits per heavy atom. The second-order valence-electron chi connectivity index (χ2n) is 4.46. The van der Waals surface area contributed by atoms with E-state index in [4.69, 9.17) is 4.42 Å². The topological polar surface area (TPSA) is 25.2 Å². The molecule has 96 valence electrons. The van der Waals surface area contributed by atoms with E-state index in [1.165, 1.54) is 12.1 Å². The summed E-state index contributed by atoms with van der Waals surface area (Å²) in [6.07, 6.45) is 0. The molecule has 0 unspecified atom stereocenters. The van der Waals surface area contributed by atoms with Gasteiger partial charge in [0.1, 0.15) is 17.3 Å². The number of halogens is 1. The third-order valence-corrected chi connectivity index (χ3v) is 2.95. The molecule has 1 aromatic carbocycles. The van der Waals surface area contributed by atoms with Crippen LogP contribution in [0.1, 0.15) is 23.8 Å². The Labute approximate surface area is 107 Å². The maximum absolute atomic E-state index is 13.3. The molecule has 0 aliphatic heterocycles. The highest BCUT2D eigenvalue weighted by Gasteiger charge is 2.11. The predicted octanol–water partition coefficient (Wildman–Crippen LogP) is 3.81. The highest BCUT2D eigenvalue weighted by Crippen LogP contribution is 2.29. The third-order valence-electron chi connectivity index (χ3n) is 2.95. The van der Waals surface area contributed by atoms with Crippen LogP contribution in [0.5, 0.6) is 0 Å². The molecule has 18 heavy (non-hydrogen) atoms. The number of hydrogen-bond donors (Lipinski definition) is 1. The van der Waals surface area contributed by atoms with Crippen LogP contribution in [0.15, 0.2) is 28.7 Å². The van der Waals surface area contributed by atoms with E-state index in [0.29, 0.717) is 0 Å². The van der Waals surface area contributed by atoms with Crippen molar-refractivity contribution in [3.8, 4) is 11.3 Å². The Bertz CT molecular complexity index is 522. The van der Waals surface area contributed by atoms with Gasteiger partial charge in [0, 0.05) is 5.56 Å². The lowest BCUT2D eigenvalue weighted by Gasteiger charge is -2.07. The van der Waals surface area contributed by atoms with Gasteiger partial charge in [0.15, 0.2) is 0 Å². The highest BCUT2D eigenvalue weighted by atomic mass is 19.1. The van der Waals surface area contributed by atoms with Crippen molar-refractivity contribution in [1.29, 1.82) is 0 Å². The average Bonchev–Trinajstić information content (AvgIpc) is 2.73. The maximum Gasteiger partial charge on any atom is 0.134 e. The van der Waals surface area contributed by atoms with Gasteiger partial charge in [-0.3, -0.25) is 0 Å². The van der Waals surface area contributed by atoms with Crippen LogP contribution in [0.25, 0.3) is 11.3 Å². The molecule has 0 saturated heterocycles. The molecule has 0 atom stereocenters. The van der Waals surface area contributed by atoms with Crippen molar-refractivity contribution < 1.29 is 8.81 Å². The molecule has 3 heteroatoms. The van der Waals surface area contributed by atoms with Crippen molar-refractivity contribution in [2.45, 2.75) is 27.3 Å². The minimum absolute atomic E-state index is 0.201. The molecular formula is C15H18FNO. The summed E-state index contributed by atoms with van der Waals surface area (Å²) in [6.45, 7) is 7.48. The van der Waals surface area contributed by atoms with Gasteiger partial charge in [-0.1, -0.05) is 6.92 Å². The first-order chi connectivity index (χ1) is 8.61. The van der Waals surface area contributed by atoms with E-state index < -0.39 is 0 Å². The summed E-state index contributed by atoms with van der Waals surface area (Å²) >= 11 is 0. The van der Waals surface area contributed by atoms with E-state index in [9.17, 15) is 4.39 Å². The minimum Gasteiger partial charge on any atom is -0.460 e. The molecule has 0 aliphatic rings. The first-order valence-corrected chi connectivity index (χ1v) is 6.18. The number of hydrogen-bond acceptors (Lipinski definition) is 2. The Hall–Kier alpha value is -1.61. The predicted molar refractivity (Wildman–Crippen MR) is 71.0 cm³/mol. The van der Waals surface area contributed by atoms with Gasteiger partial charge in [0.2, 0.25) is 0 Å². The Morgan fingerprint density at radius 3 is 2.44 bits per heavy atom. The Kier molecular flexibility index (Phi) is 3.82. The molecular weight excluding hydrogens is 229 g/mol. The fraction of sp³-hybridized carbons (Fsp3) is 0.333. The van der Waals surface area contributed by atoms with Crippen molar-refractivity contribution in [3.05, 3.63) is 47.0 Å². The van der Waals surface area contributed by atoms with Crippen molar-refractivity contribution >= 4 is 0 Å². The van der Waals surface area contributed by atoms with Crippen LogP contribution in [-0.2, 0) is 6.54 Å². The Morgan fingerprint density at radius 1 is 1.17 bits per heavy atom. The van der Waals surface area contributed by atoms with Crippen LogP contribution < -0.4 is 5.32 Å². The standard InChI is InChI=1S/C15H18FNO/c1-4-17-9-13-5-6-14(18-13)15-10(2)7-12(16)8-11(15)3/h5-8,17H,4,9H2,1-3H3. The summed E-state index contributed by atoms with van der Waals surface area (Å²) in [5.41, 5.74) is 2.79. The lowest BCUT2D eigenvalue weighted by Crippen LogP contribution is -2.10. The molecule has 0 spiro atoms. The van der Waals surface area contributed by atoms with Gasteiger partial charge in [0.25, 0.3) is 0 Å². The van der Waals surface area contributed by atoms with Crippen LogP contribution in [0.2, 0.25) is 0 Å². The van der Waals surface area contributed by atoms with Crippen LogP contribution >= 0.6 is 0 Å². The summed E-state index contributed by atoms with van der Waals surface area (Å²) in [5.74, 6) is 1.50. The van der Waals surface area contributed by atoms with E-state index in [1.807, 2.05) is 26.0 Å². The quantitative estimate of drug-likeness (QED) is 0.888. The number of benzene rings is 1. The zero-order valence-corrected chi connectivity index (χ0v) is 11.0. The normalized spacial score (nSPS) is 10.9. The van der Waals surface area contributed by atoms with Gasteiger partial charge in [-0.2, -0.15) is 0 Å². The summed E-state index contributed by atoms with van der Waals surface area (Å²) in [6, 6.07) is 6.98. The summed E-state index contributed by atoms with van der Waals surface area (Å²) < 4.78 is 19.0. The monoisotopic (exact) mass is 247 g/mol. The zero-order chi connectivity index (χ0) is 13.1. The second kappa shape index (κ2) is 5.36. The molecule has 1 heterocycles. The van der Waals surface area contributed by atoms with Crippen molar-refractivity contribution in [3.63, 3.8) is 0 Å². The van der Waals surface area contributed by atoms with Gasteiger partial charge in [-0.05, 0) is 55.8 Å². The van der Waals surface area contributed by atoms with Crippen molar-refractivity contribution in [2.24, 2.45) is 0 Å². The molecule has 0 radical (unpaired) electrons. The zero-order valence-electron chi connectivity index (χ0n) is 11.0. The van der Waals surface area contributed by atoms with Crippen LogP contribution in [-0.4, -0.2) is 6.54 Å². The molecule has 0 bridgehead atoms. The summed E-state index contributed by atoms with van der Waals surface area (Å²) in [5, 5.41) is 3.21.